The van der Waals surface area contributed by atoms with Crippen LogP contribution in [-0.4, -0.2) is 38.1 Å². The third-order valence-electron chi connectivity index (χ3n) is 5.82. The summed E-state index contributed by atoms with van der Waals surface area (Å²) in [4.78, 5) is 11.0. The zero-order valence-corrected chi connectivity index (χ0v) is 15.9. The molecule has 1 fully saturated rings. The molecule has 0 bridgehead atoms. The number of aromatic carboxylic acids is 1. The standard InChI is InChI=1S/C22H25N3O3/c1-14-17(7-6-16-4-2-3-5-19(14)16)10-23-20-8-15(9-21(20)26)12-25-13-18(11-24-25)22(27)28/h2-7,11,13,15,20-21,23,26H,8-10,12H2,1H3,(H,27,28)/t15?,20-,21-/m1/s1. The monoisotopic (exact) mass is 379 g/mol. The highest BCUT2D eigenvalue weighted by molar-refractivity contribution is 5.87. The van der Waals surface area contributed by atoms with E-state index in [-0.39, 0.29) is 17.5 Å². The number of fused-ring (bicyclic) bond motifs is 1. The van der Waals surface area contributed by atoms with Crippen LogP contribution in [-0.2, 0) is 13.1 Å². The molecule has 4 rings (SSSR count). The van der Waals surface area contributed by atoms with Crippen LogP contribution < -0.4 is 5.32 Å². The highest BCUT2D eigenvalue weighted by atomic mass is 16.4. The fraction of sp³-hybridized carbons (Fsp3) is 0.364. The molecule has 1 unspecified atom stereocenters. The van der Waals surface area contributed by atoms with Gasteiger partial charge < -0.3 is 15.5 Å². The van der Waals surface area contributed by atoms with Crippen molar-refractivity contribution < 1.29 is 15.0 Å². The van der Waals surface area contributed by atoms with E-state index in [2.05, 4.69) is 47.7 Å². The summed E-state index contributed by atoms with van der Waals surface area (Å²) in [6.45, 7) is 3.48. The molecule has 3 atom stereocenters. The van der Waals surface area contributed by atoms with Gasteiger partial charge in [0.1, 0.15) is 0 Å². The molecular weight excluding hydrogens is 354 g/mol. The molecule has 3 N–H and O–H groups in total. The molecule has 1 aliphatic rings. The predicted octanol–water partition coefficient (Wildman–Crippen LogP) is 2.97. The molecule has 0 amide bonds. The molecule has 146 valence electrons. The molecular formula is C22H25N3O3. The van der Waals surface area contributed by atoms with Gasteiger partial charge in [-0.1, -0.05) is 36.4 Å². The van der Waals surface area contributed by atoms with Crippen LogP contribution in [0.15, 0.2) is 48.8 Å². The van der Waals surface area contributed by atoms with Gasteiger partial charge >= 0.3 is 5.97 Å². The lowest BCUT2D eigenvalue weighted by atomic mass is 10.00. The van der Waals surface area contributed by atoms with E-state index in [0.717, 1.165) is 13.0 Å². The number of nitrogens with one attached hydrogen (secondary N) is 1. The van der Waals surface area contributed by atoms with Gasteiger partial charge in [-0.05, 0) is 47.6 Å². The summed E-state index contributed by atoms with van der Waals surface area (Å²) in [5.74, 6) is -0.699. The van der Waals surface area contributed by atoms with Crippen molar-refractivity contribution in [2.24, 2.45) is 5.92 Å². The summed E-state index contributed by atoms with van der Waals surface area (Å²) in [5.41, 5.74) is 2.71. The van der Waals surface area contributed by atoms with Gasteiger partial charge in [-0.3, -0.25) is 4.68 Å². The van der Waals surface area contributed by atoms with Crippen molar-refractivity contribution in [1.29, 1.82) is 0 Å². The number of hydrogen-bond donors (Lipinski definition) is 3. The van der Waals surface area contributed by atoms with E-state index >= 15 is 0 Å². The second kappa shape index (κ2) is 7.73. The SMILES string of the molecule is Cc1c(CN[C@@H]2CC(Cn3cc(C(=O)O)cn3)C[C@H]2O)ccc2ccccc12. The first-order chi connectivity index (χ1) is 13.5. The molecule has 1 heterocycles. The molecule has 3 aromatic rings. The van der Waals surface area contributed by atoms with Crippen molar-refractivity contribution in [2.45, 2.75) is 45.0 Å². The van der Waals surface area contributed by atoms with Gasteiger partial charge in [-0.25, -0.2) is 4.79 Å². The summed E-state index contributed by atoms with van der Waals surface area (Å²) in [7, 11) is 0. The van der Waals surface area contributed by atoms with Gasteiger partial charge in [0, 0.05) is 25.3 Å². The Morgan fingerprint density at radius 3 is 2.86 bits per heavy atom. The first kappa shape index (κ1) is 18.7. The smallest absolute Gasteiger partial charge is 0.338 e. The van der Waals surface area contributed by atoms with E-state index in [1.807, 2.05) is 6.07 Å². The number of aryl methyl sites for hydroxylation is 1. The molecule has 6 heteroatoms. The molecule has 1 aromatic heterocycles. The maximum Gasteiger partial charge on any atom is 0.338 e. The average Bonchev–Trinajstić information content (AvgIpc) is 3.28. The fourth-order valence-electron chi connectivity index (χ4n) is 4.23. The molecule has 0 radical (unpaired) electrons. The van der Waals surface area contributed by atoms with E-state index < -0.39 is 12.1 Å². The molecule has 0 spiro atoms. The van der Waals surface area contributed by atoms with Crippen LogP contribution in [0.2, 0.25) is 0 Å². The maximum atomic E-state index is 11.0. The number of hydrogen-bond acceptors (Lipinski definition) is 4. The molecule has 1 saturated carbocycles. The topological polar surface area (TPSA) is 87.4 Å². The highest BCUT2D eigenvalue weighted by Crippen LogP contribution is 2.28. The van der Waals surface area contributed by atoms with E-state index in [0.29, 0.717) is 13.0 Å². The number of benzene rings is 2. The Labute approximate surface area is 163 Å². The van der Waals surface area contributed by atoms with Crippen molar-refractivity contribution in [3.8, 4) is 0 Å². The van der Waals surface area contributed by atoms with E-state index in [1.165, 1.54) is 28.1 Å². The number of aromatic nitrogens is 2. The molecule has 0 saturated heterocycles. The first-order valence-corrected chi connectivity index (χ1v) is 9.65. The van der Waals surface area contributed by atoms with Crippen molar-refractivity contribution in [3.63, 3.8) is 0 Å². The summed E-state index contributed by atoms with van der Waals surface area (Å²) in [6, 6.07) is 12.7. The third-order valence-corrected chi connectivity index (χ3v) is 5.82. The Hall–Kier alpha value is -2.70. The summed E-state index contributed by atoms with van der Waals surface area (Å²) >= 11 is 0. The van der Waals surface area contributed by atoms with Crippen LogP contribution >= 0.6 is 0 Å². The number of aliphatic hydroxyl groups is 1. The van der Waals surface area contributed by atoms with Crippen molar-refractivity contribution in [1.82, 2.24) is 15.1 Å². The number of rotatable bonds is 6. The normalized spacial score (nSPS) is 22.0. The van der Waals surface area contributed by atoms with Crippen molar-refractivity contribution in [2.75, 3.05) is 0 Å². The van der Waals surface area contributed by atoms with Crippen LogP contribution in [0.25, 0.3) is 10.8 Å². The van der Waals surface area contributed by atoms with Crippen molar-refractivity contribution in [3.05, 3.63) is 65.5 Å². The van der Waals surface area contributed by atoms with Gasteiger partial charge in [-0.2, -0.15) is 5.10 Å². The lowest BCUT2D eigenvalue weighted by molar-refractivity contribution is 0.0696. The Morgan fingerprint density at radius 1 is 1.25 bits per heavy atom. The summed E-state index contributed by atoms with van der Waals surface area (Å²) in [6.07, 6.45) is 4.05. The number of aliphatic hydroxyl groups excluding tert-OH is 1. The Bertz CT molecular complexity index is 998. The minimum absolute atomic E-state index is 0.0328. The number of carbonyl (C=O) groups is 1. The van der Waals surface area contributed by atoms with Gasteiger partial charge in [0.25, 0.3) is 0 Å². The quantitative estimate of drug-likeness (QED) is 0.613. The molecule has 6 nitrogen and oxygen atoms in total. The van der Waals surface area contributed by atoms with Crippen molar-refractivity contribution >= 4 is 16.7 Å². The van der Waals surface area contributed by atoms with E-state index in [9.17, 15) is 9.90 Å². The Morgan fingerprint density at radius 2 is 2.07 bits per heavy atom. The zero-order valence-electron chi connectivity index (χ0n) is 15.9. The molecule has 2 aromatic carbocycles. The van der Waals surface area contributed by atoms with Crippen LogP contribution in [0, 0.1) is 12.8 Å². The third kappa shape index (κ3) is 3.79. The Balaban J connectivity index is 1.38. The summed E-state index contributed by atoms with van der Waals surface area (Å²) < 4.78 is 1.66. The van der Waals surface area contributed by atoms with Crippen LogP contribution in [0.1, 0.15) is 34.3 Å². The largest absolute Gasteiger partial charge is 0.478 e. The zero-order chi connectivity index (χ0) is 19.7. The second-order valence-electron chi connectivity index (χ2n) is 7.72. The minimum Gasteiger partial charge on any atom is -0.478 e. The Kier molecular flexibility index (Phi) is 5.15. The molecule has 0 aliphatic heterocycles. The maximum absolute atomic E-state index is 11.0. The van der Waals surface area contributed by atoms with E-state index in [4.69, 9.17) is 5.11 Å². The highest BCUT2D eigenvalue weighted by Gasteiger charge is 2.33. The first-order valence-electron chi connectivity index (χ1n) is 9.65. The van der Waals surface area contributed by atoms with Crippen LogP contribution in [0.5, 0.6) is 0 Å². The number of nitrogens with zero attached hydrogens (tertiary/aromatic N) is 2. The lowest BCUT2D eigenvalue weighted by Gasteiger charge is -2.18. The lowest BCUT2D eigenvalue weighted by Crippen LogP contribution is -2.35. The summed E-state index contributed by atoms with van der Waals surface area (Å²) in [5, 5.41) is 29.6. The molecule has 28 heavy (non-hydrogen) atoms. The number of carboxylic acids is 1. The van der Waals surface area contributed by atoms with Gasteiger partial charge in [0.05, 0.1) is 17.9 Å². The van der Waals surface area contributed by atoms with Gasteiger partial charge in [-0.15, -0.1) is 0 Å². The average molecular weight is 379 g/mol. The minimum atomic E-state index is -0.969. The number of carboxylic acid groups (broad SMARTS) is 1. The van der Waals surface area contributed by atoms with Crippen LogP contribution in [0.4, 0.5) is 0 Å². The van der Waals surface area contributed by atoms with Gasteiger partial charge in [0.2, 0.25) is 0 Å². The van der Waals surface area contributed by atoms with Crippen LogP contribution in [0.3, 0.4) is 0 Å². The van der Waals surface area contributed by atoms with E-state index in [1.54, 1.807) is 10.9 Å². The second-order valence-corrected chi connectivity index (χ2v) is 7.72. The predicted molar refractivity (Wildman–Crippen MR) is 107 cm³/mol. The molecule has 1 aliphatic carbocycles. The fourth-order valence-corrected chi connectivity index (χ4v) is 4.23. The van der Waals surface area contributed by atoms with Gasteiger partial charge in [0.15, 0.2) is 0 Å².